The van der Waals surface area contributed by atoms with E-state index < -0.39 is 16.1 Å². The minimum atomic E-state index is -3.12. The van der Waals surface area contributed by atoms with Crippen LogP contribution in [0.5, 0.6) is 11.5 Å². The molecule has 0 saturated carbocycles. The number of aromatic nitrogens is 4. The number of pyridine rings is 2. The molecule has 2 aliphatic rings. The van der Waals surface area contributed by atoms with Crippen LogP contribution in [-0.2, 0) is 10.0 Å². The average Bonchev–Trinajstić information content (AvgIpc) is 3.26. The van der Waals surface area contributed by atoms with E-state index in [9.17, 15) is 8.42 Å². The van der Waals surface area contributed by atoms with Crippen LogP contribution in [0.3, 0.4) is 0 Å². The van der Waals surface area contributed by atoms with E-state index in [-0.39, 0.29) is 5.41 Å². The van der Waals surface area contributed by atoms with Gasteiger partial charge in [-0.25, -0.2) is 17.7 Å². The van der Waals surface area contributed by atoms with Crippen LogP contribution in [0.2, 0.25) is 10.0 Å². The van der Waals surface area contributed by atoms with Crippen molar-refractivity contribution in [3.63, 3.8) is 0 Å². The number of nitrogens with zero attached hydrogens (tertiary/aromatic N) is 5. The summed E-state index contributed by atoms with van der Waals surface area (Å²) in [5.74, 6) is 1.91. The van der Waals surface area contributed by atoms with Crippen molar-refractivity contribution in [3.8, 4) is 22.8 Å². The van der Waals surface area contributed by atoms with Crippen LogP contribution in [0, 0.1) is 12.3 Å². The Morgan fingerprint density at radius 3 is 2.48 bits per heavy atom. The van der Waals surface area contributed by atoms with E-state index in [1.54, 1.807) is 19.5 Å². The molecule has 10 nitrogen and oxygen atoms in total. The van der Waals surface area contributed by atoms with Crippen molar-refractivity contribution in [3.05, 3.63) is 58.0 Å². The highest BCUT2D eigenvalue weighted by Crippen LogP contribution is 2.43. The van der Waals surface area contributed by atoms with Crippen molar-refractivity contribution in [2.45, 2.75) is 20.0 Å². The quantitative estimate of drug-likeness (QED) is 0.319. The number of aryl methyl sites for hydroxylation is 1. The molecule has 13 heteroatoms. The molecule has 6 rings (SSSR count). The largest absolute Gasteiger partial charge is 0.493 e. The highest BCUT2D eigenvalue weighted by Gasteiger charge is 2.54. The highest BCUT2D eigenvalue weighted by molar-refractivity contribution is 7.88. The van der Waals surface area contributed by atoms with Gasteiger partial charge in [0.1, 0.15) is 17.6 Å². The highest BCUT2D eigenvalue weighted by atomic mass is 35.5. The lowest BCUT2D eigenvalue weighted by Gasteiger charge is -2.59. The fourth-order valence-electron chi connectivity index (χ4n) is 5.47. The van der Waals surface area contributed by atoms with Crippen LogP contribution in [0.1, 0.15) is 24.3 Å². The first kappa shape index (κ1) is 27.1. The zero-order valence-corrected chi connectivity index (χ0v) is 24.7. The predicted octanol–water partition coefficient (Wildman–Crippen LogP) is 4.87. The number of benzene rings is 1. The van der Waals surface area contributed by atoms with Crippen molar-refractivity contribution >= 4 is 49.9 Å². The third kappa shape index (κ3) is 4.64. The first-order valence-electron chi connectivity index (χ1n) is 12.7. The lowest BCUT2D eigenvalue weighted by molar-refractivity contribution is 0.0395. The number of hydrogen-bond acceptors (Lipinski definition) is 8. The maximum Gasteiger partial charge on any atom is 0.211 e. The van der Waals surface area contributed by atoms with E-state index in [1.807, 2.05) is 38.1 Å². The summed E-state index contributed by atoms with van der Waals surface area (Å²) in [7, 11) is -1.54. The SMILES string of the molecule is COc1cc2[nH]nc(-c3ccc(N4CC5(C4)CN(S(C)(=O)=O)C5)nc3)c2cc1OC(C)c1c(Cl)cnc(C)c1Cl. The number of ether oxygens (including phenoxy) is 2. The third-order valence-electron chi connectivity index (χ3n) is 7.63. The monoisotopic (exact) mass is 602 g/mol. The second-order valence-corrected chi connectivity index (χ2v) is 13.4. The molecule has 0 bridgehead atoms. The first-order chi connectivity index (χ1) is 19.0. The summed E-state index contributed by atoms with van der Waals surface area (Å²) in [4.78, 5) is 11.0. The number of halogens is 2. The van der Waals surface area contributed by atoms with Crippen LogP contribution in [-0.4, -0.2) is 72.4 Å². The van der Waals surface area contributed by atoms with E-state index in [0.29, 0.717) is 45.9 Å². The summed E-state index contributed by atoms with van der Waals surface area (Å²) in [5, 5.41) is 9.35. The Balaban J connectivity index is 1.23. The molecule has 2 saturated heterocycles. The minimum absolute atomic E-state index is 0.0395. The number of sulfonamides is 1. The first-order valence-corrected chi connectivity index (χ1v) is 15.3. The van der Waals surface area contributed by atoms with Gasteiger partial charge in [0.25, 0.3) is 0 Å². The molecule has 4 aromatic rings. The summed E-state index contributed by atoms with van der Waals surface area (Å²) >= 11 is 12.9. The number of methoxy groups -OCH3 is 1. The van der Waals surface area contributed by atoms with Gasteiger partial charge in [-0.3, -0.25) is 10.1 Å². The molecule has 1 atom stereocenters. The molecule has 0 radical (unpaired) electrons. The second kappa shape index (κ2) is 9.76. The number of anilines is 1. The van der Waals surface area contributed by atoms with Crippen molar-refractivity contribution in [1.29, 1.82) is 0 Å². The average molecular weight is 604 g/mol. The summed E-state index contributed by atoms with van der Waals surface area (Å²) in [6.07, 6.45) is 4.16. The van der Waals surface area contributed by atoms with Gasteiger partial charge in [0.15, 0.2) is 11.5 Å². The fraction of sp³-hybridized carbons (Fsp3) is 0.370. The van der Waals surface area contributed by atoms with Gasteiger partial charge in [-0.05, 0) is 32.0 Å². The molecule has 1 spiro atoms. The Morgan fingerprint density at radius 2 is 1.82 bits per heavy atom. The zero-order valence-electron chi connectivity index (χ0n) is 22.4. The predicted molar refractivity (Wildman–Crippen MR) is 155 cm³/mol. The molecule has 0 amide bonds. The van der Waals surface area contributed by atoms with Crippen molar-refractivity contribution in [1.82, 2.24) is 24.5 Å². The van der Waals surface area contributed by atoms with Crippen LogP contribution in [0.4, 0.5) is 5.82 Å². The Hall–Kier alpha value is -3.12. The smallest absolute Gasteiger partial charge is 0.211 e. The van der Waals surface area contributed by atoms with Crippen molar-refractivity contribution in [2.24, 2.45) is 5.41 Å². The van der Waals surface area contributed by atoms with Gasteiger partial charge < -0.3 is 14.4 Å². The summed E-state index contributed by atoms with van der Waals surface area (Å²) in [6, 6.07) is 7.68. The van der Waals surface area contributed by atoms with Gasteiger partial charge >= 0.3 is 0 Å². The van der Waals surface area contributed by atoms with Crippen LogP contribution in [0.25, 0.3) is 22.2 Å². The van der Waals surface area contributed by atoms with Crippen LogP contribution < -0.4 is 14.4 Å². The molecule has 3 aromatic heterocycles. The number of fused-ring (bicyclic) bond motifs is 1. The lowest BCUT2D eigenvalue weighted by atomic mass is 9.74. The Labute approximate surface area is 242 Å². The molecule has 2 fully saturated rings. The molecular formula is C27H28Cl2N6O4S. The number of rotatable bonds is 7. The van der Waals surface area contributed by atoms with Crippen LogP contribution in [0.15, 0.2) is 36.7 Å². The number of nitrogens with one attached hydrogen (secondary N) is 1. The molecule has 1 aromatic carbocycles. The van der Waals surface area contributed by atoms with E-state index in [2.05, 4.69) is 25.1 Å². The molecule has 0 aliphatic carbocycles. The maximum atomic E-state index is 11.7. The van der Waals surface area contributed by atoms with Crippen molar-refractivity contribution in [2.75, 3.05) is 44.4 Å². The van der Waals surface area contributed by atoms with E-state index in [4.69, 9.17) is 32.7 Å². The van der Waals surface area contributed by atoms with E-state index >= 15 is 0 Å². The number of aromatic amines is 1. The van der Waals surface area contributed by atoms with E-state index in [0.717, 1.165) is 41.1 Å². The number of hydrogen-bond donors (Lipinski definition) is 1. The van der Waals surface area contributed by atoms with Gasteiger partial charge in [0, 0.05) is 66.6 Å². The zero-order chi connectivity index (χ0) is 28.4. The Kier molecular flexibility index (Phi) is 6.60. The maximum absolute atomic E-state index is 11.7. The fourth-order valence-corrected chi connectivity index (χ4v) is 7.14. The van der Waals surface area contributed by atoms with Gasteiger partial charge in [-0.15, -0.1) is 0 Å². The standard InChI is InChI=1S/C27H28Cl2N6O4S/c1-15-25(29)24(19(28)10-30-15)16(2)39-22-7-18-20(8-21(22)38-3)32-33-26(18)17-5-6-23(31-9-17)34-11-27(12-34)13-35(14-27)40(4,36)37/h5-10,16H,11-14H2,1-4H3,(H,32,33). The summed E-state index contributed by atoms with van der Waals surface area (Å²) in [5.41, 5.74) is 3.73. The van der Waals surface area contributed by atoms with Crippen molar-refractivity contribution < 1.29 is 17.9 Å². The molecule has 210 valence electrons. The molecule has 1 unspecified atom stereocenters. The molecule has 1 N–H and O–H groups in total. The van der Waals surface area contributed by atoms with Crippen LogP contribution >= 0.6 is 23.2 Å². The van der Waals surface area contributed by atoms with Gasteiger partial charge in [0.05, 0.1) is 34.6 Å². The second-order valence-electron chi connectivity index (χ2n) is 10.6. The van der Waals surface area contributed by atoms with Gasteiger partial charge in [-0.1, -0.05) is 23.2 Å². The van der Waals surface area contributed by atoms with E-state index in [1.165, 1.54) is 10.6 Å². The molecule has 2 aliphatic heterocycles. The normalized spacial score (nSPS) is 17.5. The Bertz CT molecular complexity index is 1710. The Morgan fingerprint density at radius 1 is 1.07 bits per heavy atom. The molecule has 5 heterocycles. The molecular weight excluding hydrogens is 575 g/mol. The minimum Gasteiger partial charge on any atom is -0.493 e. The molecule has 40 heavy (non-hydrogen) atoms. The van der Waals surface area contributed by atoms with Gasteiger partial charge in [-0.2, -0.15) is 5.10 Å². The summed E-state index contributed by atoms with van der Waals surface area (Å²) < 4.78 is 36.9. The van der Waals surface area contributed by atoms with Gasteiger partial charge in [0.2, 0.25) is 10.0 Å². The lowest BCUT2D eigenvalue weighted by Crippen LogP contribution is -2.73. The third-order valence-corrected chi connectivity index (χ3v) is 9.61. The topological polar surface area (TPSA) is 114 Å². The summed E-state index contributed by atoms with van der Waals surface area (Å²) in [6.45, 7) is 6.42. The number of H-pyrrole nitrogens is 1.